The average molecular weight is 319 g/mol. The molecule has 2 aromatic rings. The lowest BCUT2D eigenvalue weighted by atomic mass is 10.1. The molecular weight excluding hydrogens is 307 g/mol. The Morgan fingerprint density at radius 2 is 2.05 bits per heavy atom. The Hall–Kier alpha value is -1.86. The van der Waals surface area contributed by atoms with Crippen LogP contribution in [0.1, 0.15) is 17.2 Å². The van der Waals surface area contributed by atoms with Gasteiger partial charge in [0.25, 0.3) is 0 Å². The first-order valence-corrected chi connectivity index (χ1v) is 6.57. The second kappa shape index (κ2) is 5.85. The molecular formula is C15H12BrFN2. The molecule has 0 amide bonds. The van der Waals surface area contributed by atoms with E-state index in [2.05, 4.69) is 27.3 Å². The van der Waals surface area contributed by atoms with Crippen LogP contribution in [0.15, 0.2) is 46.9 Å². The highest BCUT2D eigenvalue weighted by atomic mass is 79.9. The molecule has 0 spiro atoms. The normalized spacial score (nSPS) is 11.7. The average Bonchev–Trinajstić information content (AvgIpc) is 2.37. The summed E-state index contributed by atoms with van der Waals surface area (Å²) in [5, 5.41) is 12.3. The molecule has 19 heavy (non-hydrogen) atoms. The summed E-state index contributed by atoms with van der Waals surface area (Å²) < 4.78 is 14.0. The van der Waals surface area contributed by atoms with Crippen LogP contribution in [-0.2, 0) is 0 Å². The summed E-state index contributed by atoms with van der Waals surface area (Å²) in [6, 6.07) is 13.5. The van der Waals surface area contributed by atoms with Crippen molar-refractivity contribution in [2.24, 2.45) is 0 Å². The molecule has 2 rings (SSSR count). The van der Waals surface area contributed by atoms with Crippen molar-refractivity contribution in [2.45, 2.75) is 13.0 Å². The second-order valence-corrected chi connectivity index (χ2v) is 5.10. The number of nitrogens with one attached hydrogen (secondary N) is 1. The number of nitriles is 1. The zero-order valence-corrected chi connectivity index (χ0v) is 11.9. The van der Waals surface area contributed by atoms with Gasteiger partial charge in [-0.25, -0.2) is 4.39 Å². The molecule has 2 aromatic carbocycles. The fraction of sp³-hybridized carbons (Fsp3) is 0.133. The molecule has 0 aliphatic carbocycles. The zero-order chi connectivity index (χ0) is 13.8. The predicted octanol–water partition coefficient (Wildman–Crippen LogP) is 4.57. The van der Waals surface area contributed by atoms with E-state index in [0.29, 0.717) is 5.69 Å². The maximum absolute atomic E-state index is 13.1. The molecule has 4 heteroatoms. The largest absolute Gasteiger partial charge is 0.366 e. The van der Waals surface area contributed by atoms with Crippen molar-refractivity contribution in [3.8, 4) is 6.07 Å². The Balaban J connectivity index is 2.28. The van der Waals surface area contributed by atoms with E-state index in [1.54, 1.807) is 12.1 Å². The maximum atomic E-state index is 13.1. The number of nitrogens with zero attached hydrogens (tertiary/aromatic N) is 1. The van der Waals surface area contributed by atoms with Crippen molar-refractivity contribution in [2.75, 3.05) is 5.32 Å². The van der Waals surface area contributed by atoms with Crippen molar-refractivity contribution in [1.82, 2.24) is 0 Å². The summed E-state index contributed by atoms with van der Waals surface area (Å²) in [6.45, 7) is 1.98. The number of hydrogen-bond acceptors (Lipinski definition) is 2. The SMILES string of the molecule is Cc1ccc(C(C#N)Nc2cccc(F)c2)c(Br)c1. The van der Waals surface area contributed by atoms with Crippen LogP contribution >= 0.6 is 15.9 Å². The van der Waals surface area contributed by atoms with Crippen molar-refractivity contribution >= 4 is 21.6 Å². The van der Waals surface area contributed by atoms with Gasteiger partial charge in [-0.2, -0.15) is 5.26 Å². The Morgan fingerprint density at radius 3 is 2.68 bits per heavy atom. The van der Waals surface area contributed by atoms with E-state index < -0.39 is 6.04 Å². The van der Waals surface area contributed by atoms with Gasteiger partial charge in [-0.05, 0) is 36.8 Å². The molecule has 0 saturated carbocycles. The van der Waals surface area contributed by atoms with Crippen LogP contribution in [0.5, 0.6) is 0 Å². The molecule has 0 aliphatic heterocycles. The van der Waals surface area contributed by atoms with Gasteiger partial charge in [0.05, 0.1) is 6.07 Å². The Kier molecular flexibility index (Phi) is 4.18. The summed E-state index contributed by atoms with van der Waals surface area (Å²) in [4.78, 5) is 0. The highest BCUT2D eigenvalue weighted by Crippen LogP contribution is 2.27. The number of hydrogen-bond donors (Lipinski definition) is 1. The van der Waals surface area contributed by atoms with E-state index in [4.69, 9.17) is 0 Å². The lowest BCUT2D eigenvalue weighted by molar-refractivity contribution is 0.628. The van der Waals surface area contributed by atoms with Crippen molar-refractivity contribution < 1.29 is 4.39 Å². The number of anilines is 1. The van der Waals surface area contributed by atoms with E-state index in [1.165, 1.54) is 12.1 Å². The van der Waals surface area contributed by atoms with E-state index in [9.17, 15) is 9.65 Å². The summed E-state index contributed by atoms with van der Waals surface area (Å²) in [7, 11) is 0. The predicted molar refractivity (Wildman–Crippen MR) is 77.3 cm³/mol. The van der Waals surface area contributed by atoms with Gasteiger partial charge in [-0.1, -0.05) is 34.1 Å². The standard InChI is InChI=1S/C15H12BrFN2/c1-10-5-6-13(14(16)7-10)15(9-18)19-12-4-2-3-11(17)8-12/h2-8,15,19H,1H3. The molecule has 2 nitrogen and oxygen atoms in total. The van der Waals surface area contributed by atoms with Crippen LogP contribution in [0.4, 0.5) is 10.1 Å². The van der Waals surface area contributed by atoms with Gasteiger partial charge in [0.1, 0.15) is 11.9 Å². The minimum atomic E-state index is -0.531. The third-order valence-corrected chi connectivity index (χ3v) is 3.42. The second-order valence-electron chi connectivity index (χ2n) is 4.24. The first-order valence-electron chi connectivity index (χ1n) is 5.78. The first-order chi connectivity index (χ1) is 9.10. The van der Waals surface area contributed by atoms with Crippen molar-refractivity contribution in [3.63, 3.8) is 0 Å². The third-order valence-electron chi connectivity index (χ3n) is 2.73. The summed E-state index contributed by atoms with van der Waals surface area (Å²) in [5.41, 5.74) is 2.52. The lowest BCUT2D eigenvalue weighted by Gasteiger charge is -2.15. The van der Waals surface area contributed by atoms with Gasteiger partial charge in [0, 0.05) is 15.7 Å². The minimum Gasteiger partial charge on any atom is -0.366 e. The molecule has 0 radical (unpaired) electrons. The minimum absolute atomic E-state index is 0.329. The molecule has 96 valence electrons. The molecule has 0 fully saturated rings. The van der Waals surface area contributed by atoms with Crippen molar-refractivity contribution in [1.29, 1.82) is 5.26 Å². The van der Waals surface area contributed by atoms with Crippen molar-refractivity contribution in [3.05, 3.63) is 63.9 Å². The maximum Gasteiger partial charge on any atom is 0.141 e. The third kappa shape index (κ3) is 3.33. The number of rotatable bonds is 3. The molecule has 0 saturated heterocycles. The summed E-state index contributed by atoms with van der Waals surface area (Å²) >= 11 is 3.45. The fourth-order valence-electron chi connectivity index (χ4n) is 1.79. The summed E-state index contributed by atoms with van der Waals surface area (Å²) in [5.74, 6) is -0.329. The van der Waals surface area contributed by atoms with E-state index in [0.717, 1.165) is 15.6 Å². The van der Waals surface area contributed by atoms with Gasteiger partial charge in [-0.3, -0.25) is 0 Å². The fourth-order valence-corrected chi connectivity index (χ4v) is 2.51. The summed E-state index contributed by atoms with van der Waals surface area (Å²) in [6.07, 6.45) is 0. The first kappa shape index (κ1) is 13.6. The lowest BCUT2D eigenvalue weighted by Crippen LogP contribution is -2.09. The number of halogens is 2. The zero-order valence-electron chi connectivity index (χ0n) is 10.3. The van der Waals surface area contributed by atoms with Crippen LogP contribution in [-0.4, -0.2) is 0 Å². The van der Waals surface area contributed by atoms with Crippen LogP contribution < -0.4 is 5.32 Å². The monoisotopic (exact) mass is 318 g/mol. The molecule has 0 bridgehead atoms. The van der Waals surface area contributed by atoms with E-state index >= 15 is 0 Å². The Bertz CT molecular complexity index is 634. The van der Waals surface area contributed by atoms with Crippen LogP contribution in [0, 0.1) is 24.1 Å². The quantitative estimate of drug-likeness (QED) is 0.899. The molecule has 0 aromatic heterocycles. The molecule has 1 atom stereocenters. The van der Waals surface area contributed by atoms with Gasteiger partial charge >= 0.3 is 0 Å². The topological polar surface area (TPSA) is 35.8 Å². The van der Waals surface area contributed by atoms with E-state index in [1.807, 2.05) is 25.1 Å². The number of benzene rings is 2. The van der Waals surface area contributed by atoms with Crippen LogP contribution in [0.2, 0.25) is 0 Å². The highest BCUT2D eigenvalue weighted by molar-refractivity contribution is 9.10. The molecule has 1 N–H and O–H groups in total. The molecule has 0 heterocycles. The Labute approximate surface area is 120 Å². The van der Waals surface area contributed by atoms with Gasteiger partial charge in [0.2, 0.25) is 0 Å². The number of aryl methyl sites for hydroxylation is 1. The highest BCUT2D eigenvalue weighted by Gasteiger charge is 2.13. The van der Waals surface area contributed by atoms with Crippen LogP contribution in [0.3, 0.4) is 0 Å². The Morgan fingerprint density at radius 1 is 1.26 bits per heavy atom. The molecule has 0 aliphatic rings. The smallest absolute Gasteiger partial charge is 0.141 e. The van der Waals surface area contributed by atoms with Gasteiger partial charge < -0.3 is 5.32 Å². The molecule has 1 unspecified atom stereocenters. The van der Waals surface area contributed by atoms with E-state index in [-0.39, 0.29) is 5.82 Å². The van der Waals surface area contributed by atoms with Crippen LogP contribution in [0.25, 0.3) is 0 Å². The van der Waals surface area contributed by atoms with Gasteiger partial charge in [0.15, 0.2) is 0 Å². The van der Waals surface area contributed by atoms with Gasteiger partial charge in [-0.15, -0.1) is 0 Å².